The summed E-state index contributed by atoms with van der Waals surface area (Å²) < 4.78 is 79.7. The van der Waals surface area contributed by atoms with Gasteiger partial charge in [-0.2, -0.15) is 26.3 Å². The monoisotopic (exact) mass is 342 g/mol. The molecule has 0 spiro atoms. The molecule has 2 aromatic rings. The van der Waals surface area contributed by atoms with E-state index in [2.05, 4.69) is 4.98 Å². The Morgan fingerprint density at radius 2 is 1.87 bits per heavy atom. The SMILES string of the molecule is CN(Cc1nc2cc(C(F)(F)F)ccc2o1)CC(O)C(F)(F)F. The summed E-state index contributed by atoms with van der Waals surface area (Å²) in [4.78, 5) is 4.93. The van der Waals surface area contributed by atoms with Crippen LogP contribution in [0.25, 0.3) is 11.1 Å². The maximum atomic E-state index is 12.6. The Kier molecular flexibility index (Phi) is 4.58. The largest absolute Gasteiger partial charge is 0.439 e. The molecule has 10 heteroatoms. The summed E-state index contributed by atoms with van der Waals surface area (Å²) in [5.74, 6) is -0.0452. The number of fused-ring (bicyclic) bond motifs is 1. The van der Waals surface area contributed by atoms with Crippen LogP contribution < -0.4 is 0 Å². The van der Waals surface area contributed by atoms with Crippen molar-refractivity contribution in [2.24, 2.45) is 0 Å². The standard InChI is InChI=1S/C13H12F6N2O2/c1-21(5-10(22)13(17,18)19)6-11-20-8-4-7(12(14,15)16)2-3-9(8)23-11/h2-4,10,22H,5-6H2,1H3. The Hall–Kier alpha value is -1.81. The maximum absolute atomic E-state index is 12.6. The molecule has 0 saturated carbocycles. The molecule has 0 bridgehead atoms. The van der Waals surface area contributed by atoms with E-state index in [9.17, 15) is 26.3 Å². The van der Waals surface area contributed by atoms with Gasteiger partial charge in [-0.25, -0.2) is 4.98 Å². The number of benzene rings is 1. The lowest BCUT2D eigenvalue weighted by atomic mass is 10.2. The highest BCUT2D eigenvalue weighted by Crippen LogP contribution is 2.31. The molecular formula is C13H12F6N2O2. The normalized spacial score (nSPS) is 14.7. The number of hydrogen-bond acceptors (Lipinski definition) is 4. The van der Waals surface area contributed by atoms with Gasteiger partial charge in [0.25, 0.3) is 0 Å². The number of halogens is 6. The molecule has 1 aromatic heterocycles. The van der Waals surface area contributed by atoms with E-state index in [1.54, 1.807) is 0 Å². The summed E-state index contributed by atoms with van der Waals surface area (Å²) in [6.45, 7) is -0.904. The van der Waals surface area contributed by atoms with Gasteiger partial charge in [0.05, 0.1) is 12.1 Å². The minimum absolute atomic E-state index is 0.0420. The van der Waals surface area contributed by atoms with E-state index in [1.165, 1.54) is 7.05 Å². The molecule has 1 heterocycles. The summed E-state index contributed by atoms with van der Waals surface area (Å²) >= 11 is 0. The zero-order chi connectivity index (χ0) is 17.4. The first kappa shape index (κ1) is 17.5. The molecular weight excluding hydrogens is 330 g/mol. The molecule has 23 heavy (non-hydrogen) atoms. The predicted molar refractivity (Wildman–Crippen MR) is 67.4 cm³/mol. The second kappa shape index (κ2) is 6.00. The van der Waals surface area contributed by atoms with Gasteiger partial charge < -0.3 is 9.52 Å². The van der Waals surface area contributed by atoms with Crippen LogP contribution >= 0.6 is 0 Å². The minimum Gasteiger partial charge on any atom is -0.439 e. The van der Waals surface area contributed by atoms with Crippen LogP contribution in [0, 0.1) is 0 Å². The number of rotatable bonds is 4. The second-order valence-corrected chi connectivity index (χ2v) is 5.04. The zero-order valence-electron chi connectivity index (χ0n) is 11.7. The van der Waals surface area contributed by atoms with Crippen molar-refractivity contribution in [3.8, 4) is 0 Å². The van der Waals surface area contributed by atoms with Crippen LogP contribution in [0.1, 0.15) is 11.5 Å². The van der Waals surface area contributed by atoms with Crippen molar-refractivity contribution in [1.29, 1.82) is 0 Å². The topological polar surface area (TPSA) is 49.5 Å². The number of aromatic nitrogens is 1. The molecule has 1 aromatic carbocycles. The third kappa shape index (κ3) is 4.35. The summed E-state index contributed by atoms with van der Waals surface area (Å²) in [6, 6.07) is 2.72. The van der Waals surface area contributed by atoms with Crippen molar-refractivity contribution in [3.05, 3.63) is 29.7 Å². The summed E-state index contributed by atoms with van der Waals surface area (Å²) in [5, 5.41) is 8.96. The van der Waals surface area contributed by atoms with Crippen molar-refractivity contribution in [1.82, 2.24) is 9.88 Å². The first-order valence-corrected chi connectivity index (χ1v) is 6.37. The molecule has 0 amide bonds. The molecule has 128 valence electrons. The number of aliphatic hydroxyl groups excluding tert-OH is 1. The highest BCUT2D eigenvalue weighted by atomic mass is 19.4. The Morgan fingerprint density at radius 3 is 2.43 bits per heavy atom. The van der Waals surface area contributed by atoms with E-state index in [0.717, 1.165) is 23.1 Å². The van der Waals surface area contributed by atoms with Crippen LogP contribution in [0.2, 0.25) is 0 Å². The Labute approximate surface area is 126 Å². The minimum atomic E-state index is -4.75. The Bertz CT molecular complexity index is 679. The van der Waals surface area contributed by atoms with Gasteiger partial charge in [0.15, 0.2) is 11.7 Å². The molecule has 4 nitrogen and oxygen atoms in total. The number of nitrogens with zero attached hydrogens (tertiary/aromatic N) is 2. The van der Waals surface area contributed by atoms with E-state index < -0.39 is 30.6 Å². The lowest BCUT2D eigenvalue weighted by Gasteiger charge is -2.20. The number of oxazole rings is 1. The molecule has 0 radical (unpaired) electrons. The van der Waals surface area contributed by atoms with Gasteiger partial charge in [0, 0.05) is 6.54 Å². The van der Waals surface area contributed by atoms with Crippen molar-refractivity contribution in [2.75, 3.05) is 13.6 Å². The van der Waals surface area contributed by atoms with E-state index in [0.29, 0.717) is 0 Å². The summed E-state index contributed by atoms with van der Waals surface area (Å²) in [7, 11) is 1.30. The lowest BCUT2D eigenvalue weighted by molar-refractivity contribution is -0.207. The number of likely N-dealkylation sites (N-methyl/N-ethyl adjacent to an activating group) is 1. The average Bonchev–Trinajstić information content (AvgIpc) is 2.77. The van der Waals surface area contributed by atoms with Crippen LogP contribution in [0.4, 0.5) is 26.3 Å². The van der Waals surface area contributed by atoms with Crippen LogP contribution in [0.5, 0.6) is 0 Å². The first-order valence-electron chi connectivity index (χ1n) is 6.37. The number of aliphatic hydroxyl groups is 1. The third-order valence-electron chi connectivity index (χ3n) is 3.03. The molecule has 0 aliphatic carbocycles. The zero-order valence-corrected chi connectivity index (χ0v) is 11.7. The quantitative estimate of drug-likeness (QED) is 0.867. The van der Waals surface area contributed by atoms with Crippen molar-refractivity contribution >= 4 is 11.1 Å². The summed E-state index contributed by atoms with van der Waals surface area (Å²) in [6.07, 6.45) is -11.8. The highest BCUT2D eigenvalue weighted by Gasteiger charge is 2.38. The van der Waals surface area contributed by atoms with Crippen LogP contribution in [-0.4, -0.2) is 40.9 Å². The molecule has 0 aliphatic heterocycles. The predicted octanol–water partition coefficient (Wildman–Crippen LogP) is 3.20. The van der Waals surface area contributed by atoms with Gasteiger partial charge in [-0.1, -0.05) is 0 Å². The average molecular weight is 342 g/mol. The first-order chi connectivity index (χ1) is 10.5. The fraction of sp³-hybridized carbons (Fsp3) is 0.462. The van der Waals surface area contributed by atoms with Crippen molar-refractivity contribution < 1.29 is 35.9 Å². The third-order valence-corrected chi connectivity index (χ3v) is 3.03. The number of alkyl halides is 6. The molecule has 1 atom stereocenters. The van der Waals surface area contributed by atoms with Gasteiger partial charge in [-0.3, -0.25) is 4.90 Å². The van der Waals surface area contributed by atoms with Gasteiger partial charge in [0.1, 0.15) is 5.52 Å². The van der Waals surface area contributed by atoms with Gasteiger partial charge in [-0.05, 0) is 25.2 Å². The fourth-order valence-electron chi connectivity index (χ4n) is 1.91. The fourth-order valence-corrected chi connectivity index (χ4v) is 1.91. The molecule has 1 N–H and O–H groups in total. The second-order valence-electron chi connectivity index (χ2n) is 5.04. The van der Waals surface area contributed by atoms with Gasteiger partial charge in [-0.15, -0.1) is 0 Å². The van der Waals surface area contributed by atoms with Crippen LogP contribution in [0.15, 0.2) is 22.6 Å². The number of hydrogen-bond donors (Lipinski definition) is 1. The molecule has 0 saturated heterocycles. The van der Waals surface area contributed by atoms with E-state index >= 15 is 0 Å². The smallest absolute Gasteiger partial charge is 0.416 e. The maximum Gasteiger partial charge on any atom is 0.416 e. The van der Waals surface area contributed by atoms with Gasteiger partial charge >= 0.3 is 12.4 Å². The highest BCUT2D eigenvalue weighted by molar-refractivity contribution is 5.73. The molecule has 2 rings (SSSR count). The molecule has 0 aliphatic rings. The van der Waals surface area contributed by atoms with Gasteiger partial charge in [0.2, 0.25) is 5.89 Å². The Balaban J connectivity index is 2.12. The van der Waals surface area contributed by atoms with Crippen molar-refractivity contribution in [3.63, 3.8) is 0 Å². The van der Waals surface area contributed by atoms with Crippen LogP contribution in [0.3, 0.4) is 0 Å². The van der Waals surface area contributed by atoms with E-state index in [-0.39, 0.29) is 23.5 Å². The Morgan fingerprint density at radius 1 is 1.22 bits per heavy atom. The molecule has 0 fully saturated rings. The van der Waals surface area contributed by atoms with Crippen molar-refractivity contribution in [2.45, 2.75) is 25.0 Å². The lowest BCUT2D eigenvalue weighted by Crippen LogP contribution is -2.39. The van der Waals surface area contributed by atoms with E-state index in [1.807, 2.05) is 0 Å². The van der Waals surface area contributed by atoms with Crippen LogP contribution in [-0.2, 0) is 12.7 Å². The summed E-state index contributed by atoms with van der Waals surface area (Å²) in [5.41, 5.74) is -0.844. The molecule has 1 unspecified atom stereocenters. The van der Waals surface area contributed by atoms with E-state index in [4.69, 9.17) is 9.52 Å².